The van der Waals surface area contributed by atoms with Gasteiger partial charge in [0.15, 0.2) is 0 Å². The molecule has 4 heteroatoms. The maximum atomic E-state index is 6.28. The van der Waals surface area contributed by atoms with Crippen molar-refractivity contribution in [2.24, 2.45) is 5.73 Å². The van der Waals surface area contributed by atoms with E-state index in [-0.39, 0.29) is 6.04 Å². The first-order valence-corrected chi connectivity index (χ1v) is 6.73. The van der Waals surface area contributed by atoms with Gasteiger partial charge < -0.3 is 15.2 Å². The van der Waals surface area contributed by atoms with Gasteiger partial charge in [0.2, 0.25) is 0 Å². The van der Waals surface area contributed by atoms with Crippen LogP contribution in [0.5, 0.6) is 11.5 Å². The first kappa shape index (κ1) is 14.7. The van der Waals surface area contributed by atoms with E-state index >= 15 is 0 Å². The maximum Gasteiger partial charge on any atom is 0.123 e. The smallest absolute Gasteiger partial charge is 0.123 e. The van der Waals surface area contributed by atoms with Gasteiger partial charge in [0.1, 0.15) is 11.5 Å². The van der Waals surface area contributed by atoms with Gasteiger partial charge in [0.05, 0.1) is 14.2 Å². The van der Waals surface area contributed by atoms with Crippen molar-refractivity contribution in [2.45, 2.75) is 12.5 Å². The Morgan fingerprint density at radius 2 is 1.90 bits per heavy atom. The van der Waals surface area contributed by atoms with E-state index in [0.29, 0.717) is 11.4 Å². The largest absolute Gasteiger partial charge is 0.497 e. The van der Waals surface area contributed by atoms with Crippen LogP contribution >= 0.6 is 11.6 Å². The normalized spacial score (nSPS) is 12.0. The van der Waals surface area contributed by atoms with Gasteiger partial charge >= 0.3 is 0 Å². The molecule has 2 N–H and O–H groups in total. The third-order valence-corrected chi connectivity index (χ3v) is 3.42. The highest BCUT2D eigenvalue weighted by Gasteiger charge is 2.13. The Labute approximate surface area is 124 Å². The highest BCUT2D eigenvalue weighted by Crippen LogP contribution is 2.29. The minimum atomic E-state index is -0.184. The Bertz CT molecular complexity index is 586. The molecular formula is C16H18ClNO2. The SMILES string of the molecule is COc1cccc(CC(N)c2cc(Cl)ccc2OC)c1. The molecule has 0 spiro atoms. The molecule has 0 saturated heterocycles. The number of nitrogens with two attached hydrogens (primary N) is 1. The van der Waals surface area contributed by atoms with Crippen LogP contribution < -0.4 is 15.2 Å². The van der Waals surface area contributed by atoms with E-state index in [1.54, 1.807) is 20.3 Å². The van der Waals surface area contributed by atoms with Gasteiger partial charge in [-0.25, -0.2) is 0 Å². The van der Waals surface area contributed by atoms with E-state index in [0.717, 1.165) is 22.6 Å². The molecule has 0 fully saturated rings. The lowest BCUT2D eigenvalue weighted by Crippen LogP contribution is -2.14. The van der Waals surface area contributed by atoms with Crippen LogP contribution in [-0.4, -0.2) is 14.2 Å². The van der Waals surface area contributed by atoms with Gasteiger partial charge in [-0.2, -0.15) is 0 Å². The summed E-state index contributed by atoms with van der Waals surface area (Å²) >= 11 is 6.04. The molecule has 2 aromatic rings. The molecule has 0 amide bonds. The highest BCUT2D eigenvalue weighted by atomic mass is 35.5. The molecule has 0 aliphatic rings. The first-order chi connectivity index (χ1) is 9.63. The van der Waals surface area contributed by atoms with Crippen molar-refractivity contribution >= 4 is 11.6 Å². The summed E-state index contributed by atoms with van der Waals surface area (Å²) in [7, 11) is 3.28. The first-order valence-electron chi connectivity index (χ1n) is 6.36. The summed E-state index contributed by atoms with van der Waals surface area (Å²) in [6.07, 6.45) is 0.688. The maximum absolute atomic E-state index is 6.28. The van der Waals surface area contributed by atoms with E-state index in [4.69, 9.17) is 26.8 Å². The third-order valence-electron chi connectivity index (χ3n) is 3.18. The second-order valence-electron chi connectivity index (χ2n) is 4.55. The Morgan fingerprint density at radius 3 is 2.60 bits per heavy atom. The highest BCUT2D eigenvalue weighted by molar-refractivity contribution is 6.30. The summed E-state index contributed by atoms with van der Waals surface area (Å²) in [5.74, 6) is 1.58. The number of ether oxygens (including phenoxy) is 2. The Hall–Kier alpha value is -1.71. The quantitative estimate of drug-likeness (QED) is 0.915. The molecule has 1 atom stereocenters. The number of benzene rings is 2. The zero-order chi connectivity index (χ0) is 14.5. The fourth-order valence-electron chi connectivity index (χ4n) is 2.16. The molecular weight excluding hydrogens is 274 g/mol. The lowest BCUT2D eigenvalue weighted by molar-refractivity contribution is 0.405. The number of rotatable bonds is 5. The zero-order valence-electron chi connectivity index (χ0n) is 11.6. The average Bonchev–Trinajstić information content (AvgIpc) is 2.47. The molecule has 1 unspecified atom stereocenters. The van der Waals surface area contributed by atoms with Crippen LogP contribution in [0.4, 0.5) is 0 Å². The number of hydrogen-bond acceptors (Lipinski definition) is 3. The van der Waals surface area contributed by atoms with Crippen LogP contribution in [-0.2, 0) is 6.42 Å². The summed E-state index contributed by atoms with van der Waals surface area (Å²) in [5.41, 5.74) is 8.30. The van der Waals surface area contributed by atoms with E-state index < -0.39 is 0 Å². The van der Waals surface area contributed by atoms with Crippen LogP contribution in [0.15, 0.2) is 42.5 Å². The van der Waals surface area contributed by atoms with Crippen molar-refractivity contribution in [3.8, 4) is 11.5 Å². The van der Waals surface area contributed by atoms with E-state index in [1.807, 2.05) is 36.4 Å². The molecule has 3 nitrogen and oxygen atoms in total. The number of halogens is 1. The van der Waals surface area contributed by atoms with Crippen molar-refractivity contribution in [3.63, 3.8) is 0 Å². The molecule has 2 rings (SSSR count). The predicted octanol–water partition coefficient (Wildman–Crippen LogP) is 3.60. The monoisotopic (exact) mass is 291 g/mol. The molecule has 0 saturated carbocycles. The van der Waals surface area contributed by atoms with Crippen LogP contribution in [0.1, 0.15) is 17.2 Å². The molecule has 0 aliphatic heterocycles. The fourth-order valence-corrected chi connectivity index (χ4v) is 2.34. The van der Waals surface area contributed by atoms with Gasteiger partial charge in [-0.1, -0.05) is 23.7 Å². The lowest BCUT2D eigenvalue weighted by atomic mass is 9.99. The van der Waals surface area contributed by atoms with Gasteiger partial charge in [0.25, 0.3) is 0 Å². The minimum Gasteiger partial charge on any atom is -0.497 e. The van der Waals surface area contributed by atoms with Crippen molar-refractivity contribution in [2.75, 3.05) is 14.2 Å². The van der Waals surface area contributed by atoms with E-state index in [9.17, 15) is 0 Å². The molecule has 20 heavy (non-hydrogen) atoms. The van der Waals surface area contributed by atoms with Crippen LogP contribution in [0, 0.1) is 0 Å². The number of hydrogen-bond donors (Lipinski definition) is 1. The predicted molar refractivity (Wildman–Crippen MR) is 81.6 cm³/mol. The second-order valence-corrected chi connectivity index (χ2v) is 4.98. The molecule has 0 bridgehead atoms. The Balaban J connectivity index is 2.23. The molecule has 0 radical (unpaired) electrons. The van der Waals surface area contributed by atoms with Gasteiger partial charge in [0, 0.05) is 16.6 Å². The third kappa shape index (κ3) is 3.44. The molecule has 106 valence electrons. The molecule has 2 aromatic carbocycles. The number of methoxy groups -OCH3 is 2. The molecule has 0 aromatic heterocycles. The summed E-state index contributed by atoms with van der Waals surface area (Å²) in [5, 5.41) is 0.655. The van der Waals surface area contributed by atoms with Crippen LogP contribution in [0.2, 0.25) is 5.02 Å². The van der Waals surface area contributed by atoms with Crippen molar-refractivity contribution in [1.82, 2.24) is 0 Å². The summed E-state index contributed by atoms with van der Waals surface area (Å²) in [6, 6.07) is 13.2. The average molecular weight is 292 g/mol. The van der Waals surface area contributed by atoms with Crippen LogP contribution in [0.25, 0.3) is 0 Å². The van der Waals surface area contributed by atoms with Crippen molar-refractivity contribution < 1.29 is 9.47 Å². The molecule has 0 aliphatic carbocycles. The van der Waals surface area contributed by atoms with Crippen molar-refractivity contribution in [3.05, 3.63) is 58.6 Å². The Morgan fingerprint density at radius 1 is 1.10 bits per heavy atom. The zero-order valence-corrected chi connectivity index (χ0v) is 12.4. The lowest BCUT2D eigenvalue weighted by Gasteiger charge is -2.16. The second kappa shape index (κ2) is 6.64. The Kier molecular flexibility index (Phi) is 4.88. The summed E-state index contributed by atoms with van der Waals surface area (Å²) < 4.78 is 10.6. The topological polar surface area (TPSA) is 44.5 Å². The summed E-state index contributed by atoms with van der Waals surface area (Å²) in [4.78, 5) is 0. The minimum absolute atomic E-state index is 0.184. The van der Waals surface area contributed by atoms with Gasteiger partial charge in [-0.05, 0) is 42.3 Å². The van der Waals surface area contributed by atoms with Gasteiger partial charge in [-0.3, -0.25) is 0 Å². The molecule has 0 heterocycles. The summed E-state index contributed by atoms with van der Waals surface area (Å²) in [6.45, 7) is 0. The standard InChI is InChI=1S/C16H18ClNO2/c1-19-13-5-3-4-11(8-13)9-15(18)14-10-12(17)6-7-16(14)20-2/h3-8,10,15H,9,18H2,1-2H3. The van der Waals surface area contributed by atoms with Crippen molar-refractivity contribution in [1.29, 1.82) is 0 Å². The van der Waals surface area contributed by atoms with E-state index in [2.05, 4.69) is 0 Å². The van der Waals surface area contributed by atoms with Gasteiger partial charge in [-0.15, -0.1) is 0 Å². The van der Waals surface area contributed by atoms with Crippen LogP contribution in [0.3, 0.4) is 0 Å². The van der Waals surface area contributed by atoms with E-state index in [1.165, 1.54) is 0 Å². The fraction of sp³-hybridized carbons (Fsp3) is 0.250.